The van der Waals surface area contributed by atoms with Gasteiger partial charge < -0.3 is 15.6 Å². The summed E-state index contributed by atoms with van der Waals surface area (Å²) in [5.41, 5.74) is 4.76. The first kappa shape index (κ1) is 19.5. The number of halogens is 4. The maximum atomic E-state index is 13.3. The topological polar surface area (TPSA) is 85.8 Å². The molecule has 10 heteroatoms. The van der Waals surface area contributed by atoms with Crippen molar-refractivity contribution in [1.29, 1.82) is 0 Å². The standard InChI is InChI=1S/C19H17ClF3N5O/c1-9(26-16-12(19(21,22)23)8-25-18(24)27-16)14-7-10-3-2-4-13(20)15(10)17(29)28(14)11-5-6-11/h2-4,7-9,11H,5-6H2,1H3,(H3,24,25,26,27). The lowest BCUT2D eigenvalue weighted by Crippen LogP contribution is -2.27. The summed E-state index contributed by atoms with van der Waals surface area (Å²) in [6.45, 7) is 1.67. The second-order valence-corrected chi connectivity index (χ2v) is 7.44. The number of aromatic nitrogens is 3. The SMILES string of the molecule is CC(Nc1nc(N)ncc1C(F)(F)F)c1cc2cccc(Cl)c2c(=O)n1C1CC1. The van der Waals surface area contributed by atoms with Gasteiger partial charge in [-0.3, -0.25) is 4.79 Å². The van der Waals surface area contributed by atoms with Crippen LogP contribution in [-0.2, 0) is 6.18 Å². The zero-order valence-corrected chi connectivity index (χ0v) is 16.1. The molecule has 3 aromatic rings. The zero-order valence-electron chi connectivity index (χ0n) is 15.3. The third-order valence-corrected chi connectivity index (χ3v) is 5.20. The molecule has 0 radical (unpaired) electrons. The Hall–Kier alpha value is -2.81. The number of benzene rings is 1. The lowest BCUT2D eigenvalue weighted by molar-refractivity contribution is -0.137. The molecule has 0 spiro atoms. The lowest BCUT2D eigenvalue weighted by Gasteiger charge is -2.23. The van der Waals surface area contributed by atoms with Gasteiger partial charge in [-0.15, -0.1) is 0 Å². The number of nitrogens with one attached hydrogen (secondary N) is 1. The molecule has 1 aromatic carbocycles. The minimum atomic E-state index is -4.65. The minimum Gasteiger partial charge on any atom is -0.368 e. The molecule has 2 heterocycles. The number of anilines is 2. The van der Waals surface area contributed by atoms with E-state index in [1.54, 1.807) is 35.8 Å². The number of rotatable bonds is 4. The Morgan fingerprint density at radius 2 is 2.07 bits per heavy atom. The van der Waals surface area contributed by atoms with Crippen molar-refractivity contribution in [2.75, 3.05) is 11.1 Å². The fourth-order valence-electron chi connectivity index (χ4n) is 3.39. The molecule has 1 saturated carbocycles. The number of pyridine rings is 1. The largest absolute Gasteiger partial charge is 0.421 e. The van der Waals surface area contributed by atoms with E-state index in [4.69, 9.17) is 17.3 Å². The van der Waals surface area contributed by atoms with Crippen molar-refractivity contribution in [3.05, 3.63) is 57.1 Å². The van der Waals surface area contributed by atoms with Gasteiger partial charge in [-0.2, -0.15) is 18.2 Å². The van der Waals surface area contributed by atoms with Crippen LogP contribution in [0.2, 0.25) is 5.02 Å². The van der Waals surface area contributed by atoms with Gasteiger partial charge >= 0.3 is 6.18 Å². The van der Waals surface area contributed by atoms with Crippen LogP contribution < -0.4 is 16.6 Å². The van der Waals surface area contributed by atoms with Crippen LogP contribution in [0.4, 0.5) is 24.9 Å². The molecule has 0 saturated heterocycles. The molecular weight excluding hydrogens is 407 g/mol. The number of nitrogen functional groups attached to an aromatic ring is 1. The first-order valence-corrected chi connectivity index (χ1v) is 9.34. The van der Waals surface area contributed by atoms with Crippen molar-refractivity contribution >= 4 is 34.1 Å². The van der Waals surface area contributed by atoms with E-state index in [-0.39, 0.29) is 17.5 Å². The predicted octanol–water partition coefficient (Wildman–Crippen LogP) is 4.55. The lowest BCUT2D eigenvalue weighted by atomic mass is 10.1. The van der Waals surface area contributed by atoms with Crippen molar-refractivity contribution < 1.29 is 13.2 Å². The first-order chi connectivity index (χ1) is 13.7. The summed E-state index contributed by atoms with van der Waals surface area (Å²) in [4.78, 5) is 20.3. The quantitative estimate of drug-likeness (QED) is 0.642. The van der Waals surface area contributed by atoms with Gasteiger partial charge in [0.05, 0.1) is 16.5 Å². The van der Waals surface area contributed by atoms with Crippen molar-refractivity contribution in [2.45, 2.75) is 38.0 Å². The molecule has 0 aliphatic heterocycles. The predicted molar refractivity (Wildman–Crippen MR) is 105 cm³/mol. The van der Waals surface area contributed by atoms with Gasteiger partial charge in [0.15, 0.2) is 0 Å². The Labute approximate surface area is 168 Å². The maximum absolute atomic E-state index is 13.3. The molecule has 6 nitrogen and oxygen atoms in total. The summed E-state index contributed by atoms with van der Waals surface area (Å²) < 4.78 is 41.6. The monoisotopic (exact) mass is 423 g/mol. The van der Waals surface area contributed by atoms with Crippen LogP contribution in [0.3, 0.4) is 0 Å². The van der Waals surface area contributed by atoms with E-state index < -0.39 is 23.6 Å². The Morgan fingerprint density at radius 1 is 1.34 bits per heavy atom. The molecule has 1 fully saturated rings. The highest BCUT2D eigenvalue weighted by Crippen LogP contribution is 2.39. The molecule has 0 amide bonds. The summed E-state index contributed by atoms with van der Waals surface area (Å²) >= 11 is 6.22. The average molecular weight is 424 g/mol. The van der Waals surface area contributed by atoms with Crippen molar-refractivity contribution in [1.82, 2.24) is 14.5 Å². The molecular formula is C19H17ClF3N5O. The molecule has 1 aliphatic rings. The summed E-state index contributed by atoms with van der Waals surface area (Å²) in [5.74, 6) is -0.712. The number of alkyl halides is 3. The van der Waals surface area contributed by atoms with Crippen LogP contribution in [0.1, 0.15) is 43.1 Å². The molecule has 1 aliphatic carbocycles. The summed E-state index contributed by atoms with van der Waals surface area (Å²) in [6, 6.07) is 6.24. The Balaban J connectivity index is 1.83. The van der Waals surface area contributed by atoms with Gasteiger partial charge in [0, 0.05) is 17.9 Å². The molecule has 29 heavy (non-hydrogen) atoms. The molecule has 1 unspecified atom stereocenters. The third kappa shape index (κ3) is 3.62. The fraction of sp³-hybridized carbons (Fsp3) is 0.316. The van der Waals surface area contributed by atoms with Gasteiger partial charge in [-0.25, -0.2) is 4.98 Å². The Kier molecular flexibility index (Phi) is 4.65. The second kappa shape index (κ2) is 6.91. The number of nitrogens with zero attached hydrogens (tertiary/aromatic N) is 3. The van der Waals surface area contributed by atoms with Gasteiger partial charge in [0.25, 0.3) is 5.56 Å². The van der Waals surface area contributed by atoms with Crippen molar-refractivity contribution in [3.8, 4) is 0 Å². The summed E-state index contributed by atoms with van der Waals surface area (Å²) in [5, 5.41) is 4.13. The highest BCUT2D eigenvalue weighted by Gasteiger charge is 2.36. The fourth-order valence-corrected chi connectivity index (χ4v) is 3.65. The van der Waals surface area contributed by atoms with E-state index in [2.05, 4.69) is 15.3 Å². The molecule has 0 bridgehead atoms. The van der Waals surface area contributed by atoms with Crippen LogP contribution in [0, 0.1) is 0 Å². The van der Waals surface area contributed by atoms with Crippen LogP contribution >= 0.6 is 11.6 Å². The number of hydrogen-bond acceptors (Lipinski definition) is 5. The zero-order chi connectivity index (χ0) is 20.9. The number of hydrogen-bond donors (Lipinski definition) is 2. The van der Waals surface area contributed by atoms with E-state index in [0.29, 0.717) is 27.7 Å². The summed E-state index contributed by atoms with van der Waals surface area (Å²) in [7, 11) is 0. The molecule has 2 aromatic heterocycles. The van der Waals surface area contributed by atoms with Gasteiger partial charge in [0.1, 0.15) is 11.4 Å². The van der Waals surface area contributed by atoms with Crippen LogP contribution in [0.25, 0.3) is 10.8 Å². The van der Waals surface area contributed by atoms with Crippen LogP contribution in [-0.4, -0.2) is 14.5 Å². The molecule has 152 valence electrons. The van der Waals surface area contributed by atoms with Crippen LogP contribution in [0.15, 0.2) is 35.3 Å². The van der Waals surface area contributed by atoms with Crippen LogP contribution in [0.5, 0.6) is 0 Å². The first-order valence-electron chi connectivity index (χ1n) is 8.96. The Bertz CT molecular complexity index is 1160. The van der Waals surface area contributed by atoms with Crippen molar-refractivity contribution in [3.63, 3.8) is 0 Å². The summed E-state index contributed by atoms with van der Waals surface area (Å²) in [6.07, 6.45) is -2.36. The van der Waals surface area contributed by atoms with E-state index in [1.807, 2.05) is 0 Å². The molecule has 4 rings (SSSR count). The highest BCUT2D eigenvalue weighted by atomic mass is 35.5. The third-order valence-electron chi connectivity index (χ3n) is 4.88. The van der Waals surface area contributed by atoms with E-state index in [9.17, 15) is 18.0 Å². The normalized spacial score (nSPS) is 15.5. The van der Waals surface area contributed by atoms with E-state index >= 15 is 0 Å². The van der Waals surface area contributed by atoms with E-state index in [1.165, 1.54) is 0 Å². The molecule has 1 atom stereocenters. The average Bonchev–Trinajstić information content (AvgIpc) is 3.45. The number of fused-ring (bicyclic) bond motifs is 1. The highest BCUT2D eigenvalue weighted by molar-refractivity contribution is 6.35. The minimum absolute atomic E-state index is 0.0000204. The number of nitrogens with two attached hydrogens (primary N) is 1. The molecule has 3 N–H and O–H groups in total. The van der Waals surface area contributed by atoms with E-state index in [0.717, 1.165) is 12.8 Å². The van der Waals surface area contributed by atoms with Gasteiger partial charge in [-0.05, 0) is 37.3 Å². The van der Waals surface area contributed by atoms with Crippen molar-refractivity contribution in [2.24, 2.45) is 0 Å². The second-order valence-electron chi connectivity index (χ2n) is 7.03. The van der Waals surface area contributed by atoms with Gasteiger partial charge in [-0.1, -0.05) is 23.7 Å². The smallest absolute Gasteiger partial charge is 0.368 e. The Morgan fingerprint density at radius 3 is 2.72 bits per heavy atom. The maximum Gasteiger partial charge on any atom is 0.421 e. The van der Waals surface area contributed by atoms with Gasteiger partial charge in [0.2, 0.25) is 5.95 Å².